The first kappa shape index (κ1) is 19.3. The fourth-order valence-corrected chi connectivity index (χ4v) is 3.87. The number of para-hydroxylation sites is 1. The SMILES string of the molecule is O=C(NCCCN1CCCCC1)c1nn(-c2ccccc2)c(=O)c2ccccc12. The molecule has 1 saturated heterocycles. The zero-order valence-electron chi connectivity index (χ0n) is 16.5. The van der Waals surface area contributed by atoms with Crippen LogP contribution in [-0.4, -0.2) is 46.8 Å². The summed E-state index contributed by atoms with van der Waals surface area (Å²) in [4.78, 5) is 28.3. The summed E-state index contributed by atoms with van der Waals surface area (Å²) in [5.74, 6) is -0.246. The maximum atomic E-state index is 12.9. The van der Waals surface area contributed by atoms with Gasteiger partial charge in [-0.1, -0.05) is 42.8 Å². The van der Waals surface area contributed by atoms with E-state index in [9.17, 15) is 9.59 Å². The summed E-state index contributed by atoms with van der Waals surface area (Å²) in [5.41, 5.74) is 0.692. The van der Waals surface area contributed by atoms with Crippen molar-refractivity contribution in [3.63, 3.8) is 0 Å². The van der Waals surface area contributed by atoms with E-state index in [0.29, 0.717) is 23.0 Å². The van der Waals surface area contributed by atoms with Crippen LogP contribution in [0.5, 0.6) is 0 Å². The fraction of sp³-hybridized carbons (Fsp3) is 0.348. The molecule has 4 rings (SSSR count). The van der Waals surface area contributed by atoms with E-state index in [4.69, 9.17) is 0 Å². The summed E-state index contributed by atoms with van der Waals surface area (Å²) in [7, 11) is 0. The lowest BCUT2D eigenvalue weighted by molar-refractivity contribution is 0.0946. The van der Waals surface area contributed by atoms with Crippen LogP contribution in [0, 0.1) is 0 Å². The van der Waals surface area contributed by atoms with Gasteiger partial charge >= 0.3 is 0 Å². The molecule has 2 aromatic carbocycles. The minimum absolute atomic E-state index is 0.228. The number of rotatable bonds is 6. The van der Waals surface area contributed by atoms with Crippen LogP contribution >= 0.6 is 0 Å². The number of fused-ring (bicyclic) bond motifs is 1. The Bertz CT molecular complexity index is 1040. The van der Waals surface area contributed by atoms with Crippen molar-refractivity contribution >= 4 is 16.7 Å². The summed E-state index contributed by atoms with van der Waals surface area (Å²) in [5, 5.41) is 8.48. The molecule has 1 N–H and O–H groups in total. The number of hydrogen-bond acceptors (Lipinski definition) is 4. The smallest absolute Gasteiger partial charge is 0.279 e. The van der Waals surface area contributed by atoms with Crippen molar-refractivity contribution in [3.05, 3.63) is 70.6 Å². The molecule has 0 radical (unpaired) electrons. The van der Waals surface area contributed by atoms with Crippen molar-refractivity contribution in [1.29, 1.82) is 0 Å². The van der Waals surface area contributed by atoms with Gasteiger partial charge in [-0.25, -0.2) is 0 Å². The molecule has 29 heavy (non-hydrogen) atoms. The van der Waals surface area contributed by atoms with Gasteiger partial charge in [0.25, 0.3) is 11.5 Å². The van der Waals surface area contributed by atoms with E-state index in [1.165, 1.54) is 23.9 Å². The predicted octanol–water partition coefficient (Wildman–Crippen LogP) is 2.99. The highest BCUT2D eigenvalue weighted by molar-refractivity contribution is 6.04. The molecular formula is C23H26N4O2. The van der Waals surface area contributed by atoms with Crippen molar-refractivity contribution in [3.8, 4) is 5.69 Å². The molecule has 1 aliphatic rings. The molecule has 0 spiro atoms. The Morgan fingerprint density at radius 3 is 2.38 bits per heavy atom. The Kier molecular flexibility index (Phi) is 6.00. The van der Waals surface area contributed by atoms with Crippen LogP contribution in [0.15, 0.2) is 59.4 Å². The Balaban J connectivity index is 1.55. The fourth-order valence-electron chi connectivity index (χ4n) is 3.87. The van der Waals surface area contributed by atoms with Gasteiger partial charge < -0.3 is 10.2 Å². The van der Waals surface area contributed by atoms with Gasteiger partial charge in [-0.15, -0.1) is 0 Å². The van der Waals surface area contributed by atoms with E-state index >= 15 is 0 Å². The lowest BCUT2D eigenvalue weighted by Crippen LogP contribution is -2.34. The van der Waals surface area contributed by atoms with E-state index in [0.717, 1.165) is 26.1 Å². The van der Waals surface area contributed by atoms with E-state index in [-0.39, 0.29) is 17.2 Å². The third kappa shape index (κ3) is 4.38. The molecular weight excluding hydrogens is 364 g/mol. The number of nitrogens with one attached hydrogen (secondary N) is 1. The van der Waals surface area contributed by atoms with Crippen molar-refractivity contribution in [2.75, 3.05) is 26.2 Å². The summed E-state index contributed by atoms with van der Waals surface area (Å²) in [6.45, 7) is 3.90. The highest BCUT2D eigenvalue weighted by Crippen LogP contribution is 2.15. The Hall–Kier alpha value is -2.99. The van der Waals surface area contributed by atoms with E-state index < -0.39 is 0 Å². The average molecular weight is 390 g/mol. The Labute approximate surface area is 170 Å². The summed E-state index contributed by atoms with van der Waals surface area (Å²) >= 11 is 0. The van der Waals surface area contributed by atoms with E-state index in [2.05, 4.69) is 15.3 Å². The normalized spacial score (nSPS) is 14.8. The molecule has 6 heteroatoms. The number of aromatic nitrogens is 2. The number of carbonyl (C=O) groups excluding carboxylic acids is 1. The number of carbonyl (C=O) groups is 1. The first-order chi connectivity index (χ1) is 14.2. The number of amides is 1. The minimum atomic E-state index is -0.246. The molecule has 0 saturated carbocycles. The molecule has 1 fully saturated rings. The maximum absolute atomic E-state index is 12.9. The minimum Gasteiger partial charge on any atom is -0.351 e. The standard InChI is InChI=1S/C23H26N4O2/c28-22(24-14-9-17-26-15-7-2-8-16-26)21-19-12-5-6-13-20(19)23(29)27(25-21)18-10-3-1-4-11-18/h1,3-6,10-13H,2,7-9,14-17H2,(H,24,28). The number of likely N-dealkylation sites (tertiary alicyclic amines) is 1. The quantitative estimate of drug-likeness (QED) is 0.657. The van der Waals surface area contributed by atoms with Crippen LogP contribution in [0.2, 0.25) is 0 Å². The zero-order valence-corrected chi connectivity index (χ0v) is 16.5. The van der Waals surface area contributed by atoms with E-state index in [1.54, 1.807) is 18.2 Å². The topological polar surface area (TPSA) is 67.2 Å². The van der Waals surface area contributed by atoms with Crippen molar-refractivity contribution in [2.45, 2.75) is 25.7 Å². The number of nitrogens with zero attached hydrogens (tertiary/aromatic N) is 3. The van der Waals surface area contributed by atoms with Crippen LogP contribution in [0.25, 0.3) is 16.5 Å². The average Bonchev–Trinajstić information content (AvgIpc) is 2.78. The second-order valence-corrected chi connectivity index (χ2v) is 7.46. The Morgan fingerprint density at radius 2 is 1.62 bits per heavy atom. The monoisotopic (exact) mass is 390 g/mol. The van der Waals surface area contributed by atoms with Crippen LogP contribution in [0.4, 0.5) is 0 Å². The molecule has 6 nitrogen and oxygen atoms in total. The number of hydrogen-bond donors (Lipinski definition) is 1. The highest BCUT2D eigenvalue weighted by atomic mass is 16.2. The van der Waals surface area contributed by atoms with E-state index in [1.807, 2.05) is 36.4 Å². The summed E-state index contributed by atoms with van der Waals surface area (Å²) in [6, 6.07) is 16.3. The van der Waals surface area contributed by atoms with Crippen molar-refractivity contribution in [1.82, 2.24) is 20.0 Å². The second kappa shape index (κ2) is 9.01. The molecule has 0 atom stereocenters. The maximum Gasteiger partial charge on any atom is 0.279 e. The van der Waals surface area contributed by atoms with Gasteiger partial charge in [0.05, 0.1) is 11.1 Å². The van der Waals surface area contributed by atoms with Gasteiger partial charge in [0.1, 0.15) is 0 Å². The van der Waals surface area contributed by atoms with Gasteiger partial charge in [-0.05, 0) is 57.1 Å². The zero-order chi connectivity index (χ0) is 20.1. The first-order valence-corrected chi connectivity index (χ1v) is 10.3. The molecule has 1 aromatic heterocycles. The third-order valence-electron chi connectivity index (χ3n) is 5.41. The van der Waals surface area contributed by atoms with Crippen LogP contribution < -0.4 is 10.9 Å². The predicted molar refractivity (Wildman–Crippen MR) is 115 cm³/mol. The molecule has 0 unspecified atom stereocenters. The van der Waals surface area contributed by atoms with Gasteiger partial charge in [-0.3, -0.25) is 9.59 Å². The lowest BCUT2D eigenvalue weighted by Gasteiger charge is -2.26. The van der Waals surface area contributed by atoms with Gasteiger partial charge in [0.2, 0.25) is 0 Å². The van der Waals surface area contributed by atoms with Crippen LogP contribution in [-0.2, 0) is 0 Å². The molecule has 0 aliphatic carbocycles. The number of piperidine rings is 1. The molecule has 2 heterocycles. The second-order valence-electron chi connectivity index (χ2n) is 7.46. The van der Waals surface area contributed by atoms with Crippen LogP contribution in [0.1, 0.15) is 36.2 Å². The molecule has 3 aromatic rings. The first-order valence-electron chi connectivity index (χ1n) is 10.3. The molecule has 1 aliphatic heterocycles. The third-order valence-corrected chi connectivity index (χ3v) is 5.41. The molecule has 150 valence electrons. The Morgan fingerprint density at radius 1 is 0.931 bits per heavy atom. The summed E-state index contributed by atoms with van der Waals surface area (Å²) in [6.07, 6.45) is 4.76. The summed E-state index contributed by atoms with van der Waals surface area (Å²) < 4.78 is 1.31. The molecule has 1 amide bonds. The van der Waals surface area contributed by atoms with Gasteiger partial charge in [0, 0.05) is 11.9 Å². The highest BCUT2D eigenvalue weighted by Gasteiger charge is 2.17. The number of benzene rings is 2. The lowest BCUT2D eigenvalue weighted by atomic mass is 10.1. The van der Waals surface area contributed by atoms with Gasteiger partial charge in [-0.2, -0.15) is 9.78 Å². The van der Waals surface area contributed by atoms with Crippen molar-refractivity contribution in [2.24, 2.45) is 0 Å². The molecule has 0 bridgehead atoms. The van der Waals surface area contributed by atoms with Gasteiger partial charge in [0.15, 0.2) is 5.69 Å². The largest absolute Gasteiger partial charge is 0.351 e. The van der Waals surface area contributed by atoms with Crippen LogP contribution in [0.3, 0.4) is 0 Å². The van der Waals surface area contributed by atoms with Crippen molar-refractivity contribution < 1.29 is 4.79 Å².